The van der Waals surface area contributed by atoms with E-state index in [1.807, 2.05) is 48.5 Å². The number of nitrogens with zero attached hydrogens (tertiary/aromatic N) is 1. The van der Waals surface area contributed by atoms with Gasteiger partial charge < -0.3 is 14.9 Å². The van der Waals surface area contributed by atoms with Crippen molar-refractivity contribution in [1.29, 1.82) is 0 Å². The van der Waals surface area contributed by atoms with Gasteiger partial charge in [0.25, 0.3) is 5.91 Å². The first-order valence-corrected chi connectivity index (χ1v) is 11.0. The lowest BCUT2D eigenvalue weighted by Gasteiger charge is -2.26. The zero-order chi connectivity index (χ0) is 20.6. The number of rotatable bonds is 7. The number of piperidine rings is 1. The molecule has 6 nitrogen and oxygen atoms in total. The van der Waals surface area contributed by atoms with Gasteiger partial charge in [-0.2, -0.15) is 5.48 Å². The van der Waals surface area contributed by atoms with Gasteiger partial charge in [0.05, 0.1) is 12.6 Å². The number of carbonyl (C=O) groups is 1. The van der Waals surface area contributed by atoms with E-state index < -0.39 is 0 Å². The van der Waals surface area contributed by atoms with Gasteiger partial charge in [0.15, 0.2) is 0 Å². The molecular formula is C24H31N3O3. The summed E-state index contributed by atoms with van der Waals surface area (Å²) >= 11 is 0. The standard InChI is InChI=1S/C24H31N3O3/c28-24(25-22-8-3-2-7-21(22)23-9-6-17-30-26-23)19-10-12-20(13-11-19)29-18-16-27-14-4-1-5-15-27/h2-3,7-8,10-13,23,26H,1,4-6,9,14-18H2,(H,25,28). The number of amides is 1. The van der Waals surface area contributed by atoms with E-state index >= 15 is 0 Å². The van der Waals surface area contributed by atoms with Crippen LogP contribution in [0.15, 0.2) is 48.5 Å². The predicted molar refractivity (Wildman–Crippen MR) is 118 cm³/mol. The summed E-state index contributed by atoms with van der Waals surface area (Å²) in [4.78, 5) is 20.6. The highest BCUT2D eigenvalue weighted by molar-refractivity contribution is 6.04. The van der Waals surface area contributed by atoms with Crippen molar-refractivity contribution >= 4 is 11.6 Å². The molecule has 30 heavy (non-hydrogen) atoms. The van der Waals surface area contributed by atoms with Crippen LogP contribution in [0.1, 0.15) is 54.1 Å². The van der Waals surface area contributed by atoms with Crippen LogP contribution in [0.3, 0.4) is 0 Å². The second-order valence-corrected chi connectivity index (χ2v) is 7.98. The highest BCUT2D eigenvalue weighted by Gasteiger charge is 2.19. The number of hydrogen-bond donors (Lipinski definition) is 2. The van der Waals surface area contributed by atoms with Gasteiger partial charge in [-0.1, -0.05) is 24.6 Å². The second kappa shape index (κ2) is 10.6. The average molecular weight is 410 g/mol. The Morgan fingerprint density at radius 3 is 2.63 bits per heavy atom. The van der Waals surface area contributed by atoms with E-state index in [-0.39, 0.29) is 11.9 Å². The molecule has 0 aromatic heterocycles. The third-order valence-electron chi connectivity index (χ3n) is 5.79. The molecule has 2 saturated heterocycles. The van der Waals surface area contributed by atoms with Crippen LogP contribution in [0.25, 0.3) is 0 Å². The molecule has 0 saturated carbocycles. The molecule has 0 spiro atoms. The molecule has 0 bridgehead atoms. The first-order valence-electron chi connectivity index (χ1n) is 11.0. The summed E-state index contributed by atoms with van der Waals surface area (Å²) in [7, 11) is 0. The third-order valence-corrected chi connectivity index (χ3v) is 5.79. The van der Waals surface area contributed by atoms with Crippen LogP contribution >= 0.6 is 0 Å². The summed E-state index contributed by atoms with van der Waals surface area (Å²) in [5.74, 6) is 0.673. The molecule has 160 valence electrons. The van der Waals surface area contributed by atoms with Crippen LogP contribution in [0, 0.1) is 0 Å². The van der Waals surface area contributed by atoms with Crippen molar-refractivity contribution in [3.05, 3.63) is 59.7 Å². The normalized spacial score (nSPS) is 19.9. The number of hydroxylamine groups is 1. The summed E-state index contributed by atoms with van der Waals surface area (Å²) in [5.41, 5.74) is 5.54. The number of likely N-dealkylation sites (tertiary alicyclic amines) is 1. The summed E-state index contributed by atoms with van der Waals surface area (Å²) in [6, 6.07) is 15.3. The maximum atomic E-state index is 12.8. The van der Waals surface area contributed by atoms with E-state index in [0.29, 0.717) is 12.2 Å². The molecule has 0 radical (unpaired) electrons. The maximum Gasteiger partial charge on any atom is 0.255 e. The van der Waals surface area contributed by atoms with E-state index in [1.165, 1.54) is 32.4 Å². The zero-order valence-corrected chi connectivity index (χ0v) is 17.4. The highest BCUT2D eigenvalue weighted by Crippen LogP contribution is 2.28. The molecule has 2 aromatic rings. The van der Waals surface area contributed by atoms with Gasteiger partial charge in [-0.25, -0.2) is 0 Å². The van der Waals surface area contributed by atoms with Gasteiger partial charge in [0, 0.05) is 17.8 Å². The van der Waals surface area contributed by atoms with Crippen molar-refractivity contribution in [1.82, 2.24) is 10.4 Å². The lowest BCUT2D eigenvalue weighted by molar-refractivity contribution is -0.0193. The van der Waals surface area contributed by atoms with Gasteiger partial charge in [-0.15, -0.1) is 0 Å². The summed E-state index contributed by atoms with van der Waals surface area (Å²) in [5, 5.41) is 3.05. The molecule has 2 N–H and O–H groups in total. The molecule has 1 atom stereocenters. The Bertz CT molecular complexity index is 813. The first-order chi connectivity index (χ1) is 14.8. The van der Waals surface area contributed by atoms with E-state index in [2.05, 4.69) is 15.7 Å². The van der Waals surface area contributed by atoms with Gasteiger partial charge >= 0.3 is 0 Å². The Labute approximate surface area is 178 Å². The summed E-state index contributed by atoms with van der Waals surface area (Å²) < 4.78 is 5.86. The second-order valence-electron chi connectivity index (χ2n) is 7.98. The molecule has 2 fully saturated rings. The molecule has 2 heterocycles. The smallest absolute Gasteiger partial charge is 0.255 e. The Morgan fingerprint density at radius 1 is 1.07 bits per heavy atom. The zero-order valence-electron chi connectivity index (χ0n) is 17.4. The molecule has 6 heteroatoms. The van der Waals surface area contributed by atoms with Crippen molar-refractivity contribution in [2.45, 2.75) is 38.1 Å². The Hall–Kier alpha value is -2.41. The van der Waals surface area contributed by atoms with Crippen LogP contribution in [-0.2, 0) is 4.84 Å². The molecule has 4 rings (SSSR count). The third kappa shape index (κ3) is 5.59. The maximum absolute atomic E-state index is 12.8. The summed E-state index contributed by atoms with van der Waals surface area (Å²) in [6.07, 6.45) is 5.90. The SMILES string of the molecule is O=C(Nc1ccccc1C1CCCON1)c1ccc(OCCN2CCCCC2)cc1. The largest absolute Gasteiger partial charge is 0.492 e. The van der Waals surface area contributed by atoms with Crippen molar-refractivity contribution < 1.29 is 14.4 Å². The van der Waals surface area contributed by atoms with E-state index in [0.717, 1.165) is 43.0 Å². The Morgan fingerprint density at radius 2 is 1.87 bits per heavy atom. The molecule has 2 aliphatic rings. The average Bonchev–Trinajstić information content (AvgIpc) is 2.81. The first kappa shape index (κ1) is 20.8. The Kier molecular flexibility index (Phi) is 7.34. The predicted octanol–water partition coefficient (Wildman–Crippen LogP) is 4.16. The number of carbonyl (C=O) groups excluding carboxylic acids is 1. The molecular weight excluding hydrogens is 378 g/mol. The quantitative estimate of drug-likeness (QED) is 0.719. The number of ether oxygens (including phenoxy) is 1. The number of benzene rings is 2. The van der Waals surface area contributed by atoms with Crippen molar-refractivity contribution in [2.24, 2.45) is 0 Å². The van der Waals surface area contributed by atoms with Crippen LogP contribution in [0.5, 0.6) is 5.75 Å². The number of hydrogen-bond acceptors (Lipinski definition) is 5. The lowest BCUT2D eigenvalue weighted by Crippen LogP contribution is -2.33. The van der Waals surface area contributed by atoms with Crippen molar-refractivity contribution in [2.75, 3.05) is 38.2 Å². The monoisotopic (exact) mass is 409 g/mol. The van der Waals surface area contributed by atoms with E-state index in [4.69, 9.17) is 9.57 Å². The molecule has 1 unspecified atom stereocenters. The molecule has 2 aliphatic heterocycles. The highest BCUT2D eigenvalue weighted by atomic mass is 16.6. The minimum Gasteiger partial charge on any atom is -0.492 e. The van der Waals surface area contributed by atoms with Crippen molar-refractivity contribution in [3.63, 3.8) is 0 Å². The minimum atomic E-state index is -0.126. The number of para-hydroxylation sites is 1. The van der Waals surface area contributed by atoms with E-state index in [9.17, 15) is 4.79 Å². The van der Waals surface area contributed by atoms with Crippen LogP contribution in [0.4, 0.5) is 5.69 Å². The topological polar surface area (TPSA) is 62.8 Å². The fourth-order valence-corrected chi connectivity index (χ4v) is 4.08. The lowest BCUT2D eigenvalue weighted by atomic mass is 10.00. The fourth-order valence-electron chi connectivity index (χ4n) is 4.08. The Balaban J connectivity index is 1.32. The van der Waals surface area contributed by atoms with Gasteiger partial charge in [0.2, 0.25) is 0 Å². The van der Waals surface area contributed by atoms with Crippen LogP contribution < -0.4 is 15.5 Å². The fraction of sp³-hybridized carbons (Fsp3) is 0.458. The molecule has 0 aliphatic carbocycles. The summed E-state index contributed by atoms with van der Waals surface area (Å²) in [6.45, 7) is 4.70. The van der Waals surface area contributed by atoms with Gasteiger partial charge in [0.1, 0.15) is 12.4 Å². The number of nitrogens with one attached hydrogen (secondary N) is 2. The van der Waals surface area contributed by atoms with Crippen LogP contribution in [0.2, 0.25) is 0 Å². The van der Waals surface area contributed by atoms with Crippen LogP contribution in [-0.4, -0.2) is 43.7 Å². The molecule has 1 amide bonds. The molecule has 2 aromatic carbocycles. The minimum absolute atomic E-state index is 0.0888. The van der Waals surface area contributed by atoms with Gasteiger partial charge in [-0.3, -0.25) is 9.69 Å². The van der Waals surface area contributed by atoms with E-state index in [1.54, 1.807) is 0 Å². The number of anilines is 1. The van der Waals surface area contributed by atoms with Crippen molar-refractivity contribution in [3.8, 4) is 5.75 Å². The van der Waals surface area contributed by atoms with Gasteiger partial charge in [-0.05, 0) is 74.7 Å².